The van der Waals surface area contributed by atoms with E-state index in [2.05, 4.69) is 41.2 Å². The number of rotatable bonds is 8. The molecular weight excluding hydrogens is 348 g/mol. The summed E-state index contributed by atoms with van der Waals surface area (Å²) in [5, 5.41) is 2.81. The lowest BCUT2D eigenvalue weighted by molar-refractivity contribution is -0.116. The predicted octanol–water partition coefficient (Wildman–Crippen LogP) is 3.26. The van der Waals surface area contributed by atoms with Crippen LogP contribution in [0.2, 0.25) is 0 Å². The van der Waals surface area contributed by atoms with Gasteiger partial charge in [0.2, 0.25) is 15.9 Å². The van der Waals surface area contributed by atoms with Crippen molar-refractivity contribution in [2.45, 2.75) is 50.0 Å². The van der Waals surface area contributed by atoms with Crippen LogP contribution in [-0.2, 0) is 27.7 Å². The van der Waals surface area contributed by atoms with Crippen LogP contribution >= 0.6 is 0 Å². The number of hydrogen-bond acceptors (Lipinski definition) is 3. The molecule has 1 aliphatic carbocycles. The molecule has 2 N–H and O–H groups in total. The van der Waals surface area contributed by atoms with E-state index in [0.717, 1.165) is 24.8 Å². The van der Waals surface area contributed by atoms with E-state index >= 15 is 0 Å². The third kappa shape index (κ3) is 5.16. The van der Waals surface area contributed by atoms with Gasteiger partial charge in [0.15, 0.2) is 0 Å². The SMILES string of the molecule is CCc1ccc(CCC(=O)Nc2ccc(S(=O)(=O)NC3CC3)cc2)cc1. The molecule has 2 aromatic rings. The number of sulfonamides is 1. The van der Waals surface area contributed by atoms with Crippen molar-refractivity contribution in [2.24, 2.45) is 0 Å². The van der Waals surface area contributed by atoms with Crippen LogP contribution in [0, 0.1) is 0 Å². The molecule has 1 aliphatic rings. The second-order valence-corrected chi connectivity index (χ2v) is 8.35. The lowest BCUT2D eigenvalue weighted by Gasteiger charge is -2.08. The van der Waals surface area contributed by atoms with Crippen molar-refractivity contribution in [3.8, 4) is 0 Å². The Balaban J connectivity index is 1.52. The van der Waals surface area contributed by atoms with Gasteiger partial charge in [-0.05, 0) is 61.1 Å². The first-order valence-corrected chi connectivity index (χ1v) is 10.4. The van der Waals surface area contributed by atoms with E-state index in [9.17, 15) is 13.2 Å². The summed E-state index contributed by atoms with van der Waals surface area (Å²) in [6.07, 6.45) is 3.86. The fourth-order valence-electron chi connectivity index (χ4n) is 2.63. The molecule has 0 atom stereocenters. The van der Waals surface area contributed by atoms with Crippen LogP contribution in [0.5, 0.6) is 0 Å². The number of hydrogen-bond donors (Lipinski definition) is 2. The minimum absolute atomic E-state index is 0.0748. The highest BCUT2D eigenvalue weighted by atomic mass is 32.2. The first-order valence-electron chi connectivity index (χ1n) is 8.96. The topological polar surface area (TPSA) is 75.3 Å². The molecule has 1 amide bonds. The molecule has 138 valence electrons. The first-order chi connectivity index (χ1) is 12.5. The lowest BCUT2D eigenvalue weighted by atomic mass is 10.1. The van der Waals surface area contributed by atoms with E-state index in [4.69, 9.17) is 0 Å². The number of aryl methyl sites for hydroxylation is 2. The van der Waals surface area contributed by atoms with Crippen LogP contribution in [0.4, 0.5) is 5.69 Å². The second-order valence-electron chi connectivity index (χ2n) is 6.64. The summed E-state index contributed by atoms with van der Waals surface area (Å²) in [6, 6.07) is 14.6. The molecule has 0 unspecified atom stereocenters. The summed E-state index contributed by atoms with van der Waals surface area (Å²) in [7, 11) is -3.46. The molecule has 0 heterocycles. The zero-order chi connectivity index (χ0) is 18.6. The molecule has 3 rings (SSSR count). The maximum atomic E-state index is 12.1. The minimum Gasteiger partial charge on any atom is -0.326 e. The quantitative estimate of drug-likeness (QED) is 0.747. The van der Waals surface area contributed by atoms with E-state index in [-0.39, 0.29) is 16.8 Å². The van der Waals surface area contributed by atoms with Crippen LogP contribution in [0.15, 0.2) is 53.4 Å². The average Bonchev–Trinajstić information content (AvgIpc) is 3.44. The first kappa shape index (κ1) is 18.6. The molecule has 2 aromatic carbocycles. The number of amides is 1. The van der Waals surface area contributed by atoms with Gasteiger partial charge in [0.25, 0.3) is 0 Å². The van der Waals surface area contributed by atoms with Crippen molar-refractivity contribution in [3.05, 3.63) is 59.7 Å². The number of carbonyl (C=O) groups is 1. The van der Waals surface area contributed by atoms with E-state index in [1.165, 1.54) is 17.7 Å². The Morgan fingerprint density at radius 2 is 1.62 bits per heavy atom. The predicted molar refractivity (Wildman–Crippen MR) is 103 cm³/mol. The van der Waals surface area contributed by atoms with Gasteiger partial charge in [-0.15, -0.1) is 0 Å². The Bertz CT molecular complexity index is 855. The highest BCUT2D eigenvalue weighted by Crippen LogP contribution is 2.22. The van der Waals surface area contributed by atoms with Gasteiger partial charge < -0.3 is 5.32 Å². The number of carbonyl (C=O) groups excluding carboxylic acids is 1. The van der Waals surface area contributed by atoms with E-state index in [0.29, 0.717) is 18.5 Å². The molecule has 6 heteroatoms. The van der Waals surface area contributed by atoms with Gasteiger partial charge in [-0.2, -0.15) is 0 Å². The van der Waals surface area contributed by atoms with Crippen molar-refractivity contribution in [3.63, 3.8) is 0 Å². The minimum atomic E-state index is -3.46. The largest absolute Gasteiger partial charge is 0.326 e. The standard InChI is InChI=1S/C20H24N2O3S/c1-2-15-3-5-16(6-4-15)7-14-20(23)21-17-10-12-19(13-11-17)26(24,25)22-18-8-9-18/h3-6,10-13,18,22H,2,7-9,14H2,1H3,(H,21,23). The molecule has 1 fully saturated rings. The maximum Gasteiger partial charge on any atom is 0.240 e. The number of benzene rings is 2. The lowest BCUT2D eigenvalue weighted by Crippen LogP contribution is -2.25. The van der Waals surface area contributed by atoms with Gasteiger partial charge in [-0.1, -0.05) is 31.2 Å². The van der Waals surface area contributed by atoms with E-state index in [1.54, 1.807) is 12.1 Å². The van der Waals surface area contributed by atoms with Crippen molar-refractivity contribution < 1.29 is 13.2 Å². The van der Waals surface area contributed by atoms with Gasteiger partial charge in [0.05, 0.1) is 4.90 Å². The van der Waals surface area contributed by atoms with Crippen LogP contribution in [0.25, 0.3) is 0 Å². The Morgan fingerprint density at radius 3 is 2.19 bits per heavy atom. The van der Waals surface area contributed by atoms with Gasteiger partial charge in [-0.3, -0.25) is 4.79 Å². The molecule has 0 saturated heterocycles. The van der Waals surface area contributed by atoms with Crippen molar-refractivity contribution >= 4 is 21.6 Å². The summed E-state index contributed by atoms with van der Waals surface area (Å²) in [4.78, 5) is 12.3. The van der Waals surface area contributed by atoms with Crippen molar-refractivity contribution in [2.75, 3.05) is 5.32 Å². The average molecular weight is 372 g/mol. The molecular formula is C20H24N2O3S. The third-order valence-corrected chi connectivity index (χ3v) is 5.96. The Kier molecular flexibility index (Phi) is 5.74. The molecule has 0 aromatic heterocycles. The number of nitrogens with one attached hydrogen (secondary N) is 2. The van der Waals surface area contributed by atoms with Gasteiger partial charge in [0, 0.05) is 18.2 Å². The molecule has 0 aliphatic heterocycles. The monoisotopic (exact) mass is 372 g/mol. The fraction of sp³-hybridized carbons (Fsp3) is 0.350. The summed E-state index contributed by atoms with van der Waals surface area (Å²) in [6.45, 7) is 2.11. The van der Waals surface area contributed by atoms with Gasteiger partial charge in [0.1, 0.15) is 0 Å². The molecule has 1 saturated carbocycles. The second kappa shape index (κ2) is 8.01. The van der Waals surface area contributed by atoms with E-state index in [1.807, 2.05) is 0 Å². The number of anilines is 1. The Morgan fingerprint density at radius 1 is 1.00 bits per heavy atom. The summed E-state index contributed by atoms with van der Waals surface area (Å²) < 4.78 is 26.9. The van der Waals surface area contributed by atoms with Crippen LogP contribution in [0.3, 0.4) is 0 Å². The molecule has 0 radical (unpaired) electrons. The zero-order valence-corrected chi connectivity index (χ0v) is 15.7. The van der Waals surface area contributed by atoms with Gasteiger partial charge in [-0.25, -0.2) is 13.1 Å². The summed E-state index contributed by atoms with van der Waals surface area (Å²) in [5.41, 5.74) is 3.01. The maximum absolute atomic E-state index is 12.1. The fourth-order valence-corrected chi connectivity index (χ4v) is 3.93. The Hall–Kier alpha value is -2.18. The van der Waals surface area contributed by atoms with Crippen molar-refractivity contribution in [1.82, 2.24) is 4.72 Å². The van der Waals surface area contributed by atoms with Crippen LogP contribution < -0.4 is 10.0 Å². The van der Waals surface area contributed by atoms with E-state index < -0.39 is 10.0 Å². The third-order valence-electron chi connectivity index (χ3n) is 4.42. The van der Waals surface area contributed by atoms with Crippen LogP contribution in [0.1, 0.15) is 37.3 Å². The Labute approximate surface area is 154 Å². The summed E-state index contributed by atoms with van der Waals surface area (Å²) >= 11 is 0. The molecule has 5 nitrogen and oxygen atoms in total. The molecule has 26 heavy (non-hydrogen) atoms. The molecule has 0 spiro atoms. The van der Waals surface area contributed by atoms with Crippen LogP contribution in [-0.4, -0.2) is 20.4 Å². The van der Waals surface area contributed by atoms with Crippen molar-refractivity contribution in [1.29, 1.82) is 0 Å². The highest BCUT2D eigenvalue weighted by molar-refractivity contribution is 7.89. The summed E-state index contributed by atoms with van der Waals surface area (Å²) in [5.74, 6) is -0.0868. The highest BCUT2D eigenvalue weighted by Gasteiger charge is 2.27. The van der Waals surface area contributed by atoms with Gasteiger partial charge >= 0.3 is 0 Å². The normalized spacial score (nSPS) is 14.2. The zero-order valence-electron chi connectivity index (χ0n) is 14.9. The molecule has 0 bridgehead atoms. The smallest absolute Gasteiger partial charge is 0.240 e.